The molecule has 2 aliphatic carbocycles. The van der Waals surface area contributed by atoms with Crippen LogP contribution in [-0.4, -0.2) is 13.1 Å². The van der Waals surface area contributed by atoms with Gasteiger partial charge in [-0.1, -0.05) is 20.3 Å². The summed E-state index contributed by atoms with van der Waals surface area (Å²) < 4.78 is 0. The van der Waals surface area contributed by atoms with Gasteiger partial charge in [-0.05, 0) is 49.6 Å². The van der Waals surface area contributed by atoms with Crippen molar-refractivity contribution in [2.45, 2.75) is 33.1 Å². The molecule has 1 nitrogen and oxygen atoms in total. The molecule has 2 unspecified atom stereocenters. The van der Waals surface area contributed by atoms with E-state index in [1.165, 1.54) is 32.4 Å². The van der Waals surface area contributed by atoms with Gasteiger partial charge in [0, 0.05) is 0 Å². The Morgan fingerprint density at radius 1 is 1.25 bits per heavy atom. The molecule has 1 heteroatoms. The van der Waals surface area contributed by atoms with Gasteiger partial charge in [0.15, 0.2) is 0 Å². The van der Waals surface area contributed by atoms with Gasteiger partial charge in [0.25, 0.3) is 0 Å². The third-order valence-electron chi connectivity index (χ3n) is 3.52. The van der Waals surface area contributed by atoms with Crippen LogP contribution in [0.15, 0.2) is 0 Å². The van der Waals surface area contributed by atoms with E-state index in [-0.39, 0.29) is 0 Å². The first-order valence-electron chi connectivity index (χ1n) is 5.49. The van der Waals surface area contributed by atoms with Crippen LogP contribution in [0.1, 0.15) is 33.1 Å². The van der Waals surface area contributed by atoms with E-state index < -0.39 is 0 Å². The van der Waals surface area contributed by atoms with Gasteiger partial charge in [-0.15, -0.1) is 0 Å². The predicted octanol–water partition coefficient (Wildman–Crippen LogP) is 2.28. The normalized spacial score (nSPS) is 38.8. The molecule has 12 heavy (non-hydrogen) atoms. The number of fused-ring (bicyclic) bond motifs is 1. The Kier molecular flexibility index (Phi) is 2.40. The Balaban J connectivity index is 1.58. The molecular formula is C11H21N. The summed E-state index contributed by atoms with van der Waals surface area (Å²) in [4.78, 5) is 0. The van der Waals surface area contributed by atoms with Crippen LogP contribution in [-0.2, 0) is 0 Å². The summed E-state index contributed by atoms with van der Waals surface area (Å²) in [5, 5.41) is 3.58. The largest absolute Gasteiger partial charge is 0.316 e. The van der Waals surface area contributed by atoms with Crippen molar-refractivity contribution in [1.29, 1.82) is 0 Å². The maximum absolute atomic E-state index is 3.58. The van der Waals surface area contributed by atoms with E-state index >= 15 is 0 Å². The quantitative estimate of drug-likeness (QED) is 0.677. The second-order valence-corrected chi connectivity index (χ2v) is 4.97. The molecule has 0 heterocycles. The van der Waals surface area contributed by atoms with Gasteiger partial charge >= 0.3 is 0 Å². The Morgan fingerprint density at radius 3 is 2.50 bits per heavy atom. The maximum atomic E-state index is 3.58. The summed E-state index contributed by atoms with van der Waals surface area (Å²) in [7, 11) is 0. The SMILES string of the molecule is CC(C)CNCC1C2CCCC21. The van der Waals surface area contributed by atoms with Crippen molar-refractivity contribution in [2.24, 2.45) is 23.7 Å². The molecule has 2 saturated carbocycles. The van der Waals surface area contributed by atoms with Gasteiger partial charge in [0.2, 0.25) is 0 Å². The molecule has 2 atom stereocenters. The van der Waals surface area contributed by atoms with Crippen LogP contribution in [0.4, 0.5) is 0 Å². The summed E-state index contributed by atoms with van der Waals surface area (Å²) in [6.07, 6.45) is 4.56. The van der Waals surface area contributed by atoms with Crippen molar-refractivity contribution in [2.75, 3.05) is 13.1 Å². The Labute approximate surface area is 75.9 Å². The van der Waals surface area contributed by atoms with E-state index in [1.54, 1.807) is 0 Å². The third kappa shape index (κ3) is 1.66. The van der Waals surface area contributed by atoms with E-state index in [2.05, 4.69) is 19.2 Å². The van der Waals surface area contributed by atoms with Crippen molar-refractivity contribution in [3.05, 3.63) is 0 Å². The lowest BCUT2D eigenvalue weighted by molar-refractivity contribution is 0.493. The standard InChI is InChI=1S/C11H21N/c1-8(2)6-12-7-11-9-4-3-5-10(9)11/h8-12H,3-7H2,1-2H3. The van der Waals surface area contributed by atoms with Gasteiger partial charge < -0.3 is 5.32 Å². The Hall–Kier alpha value is -0.0400. The Morgan fingerprint density at radius 2 is 1.92 bits per heavy atom. The summed E-state index contributed by atoms with van der Waals surface area (Å²) in [5.74, 6) is 4.13. The zero-order chi connectivity index (χ0) is 8.55. The molecular weight excluding hydrogens is 146 g/mol. The second-order valence-electron chi connectivity index (χ2n) is 4.97. The summed E-state index contributed by atoms with van der Waals surface area (Å²) >= 11 is 0. The van der Waals surface area contributed by atoms with Crippen LogP contribution in [0.2, 0.25) is 0 Å². The number of hydrogen-bond acceptors (Lipinski definition) is 1. The van der Waals surface area contributed by atoms with E-state index in [0.29, 0.717) is 0 Å². The van der Waals surface area contributed by atoms with Gasteiger partial charge in [0.1, 0.15) is 0 Å². The first-order chi connectivity index (χ1) is 5.79. The zero-order valence-corrected chi connectivity index (χ0v) is 8.34. The van der Waals surface area contributed by atoms with Crippen LogP contribution in [0.25, 0.3) is 0 Å². The fourth-order valence-corrected chi connectivity index (χ4v) is 2.81. The van der Waals surface area contributed by atoms with Gasteiger partial charge in [-0.25, -0.2) is 0 Å². The average molecular weight is 167 g/mol. The predicted molar refractivity (Wildman–Crippen MR) is 52.0 cm³/mol. The highest BCUT2D eigenvalue weighted by Gasteiger charge is 2.51. The summed E-state index contributed by atoms with van der Waals surface area (Å²) in [6, 6.07) is 0. The van der Waals surface area contributed by atoms with E-state index in [0.717, 1.165) is 23.7 Å². The highest BCUT2D eigenvalue weighted by molar-refractivity contribution is 5.01. The lowest BCUT2D eigenvalue weighted by Gasteiger charge is -2.07. The van der Waals surface area contributed by atoms with Crippen LogP contribution < -0.4 is 5.32 Å². The van der Waals surface area contributed by atoms with E-state index in [9.17, 15) is 0 Å². The Bertz CT molecular complexity index is 143. The second kappa shape index (κ2) is 3.37. The van der Waals surface area contributed by atoms with Crippen molar-refractivity contribution in [3.63, 3.8) is 0 Å². The van der Waals surface area contributed by atoms with Crippen molar-refractivity contribution < 1.29 is 0 Å². The average Bonchev–Trinajstić information content (AvgIpc) is 2.49. The number of hydrogen-bond donors (Lipinski definition) is 1. The molecule has 70 valence electrons. The molecule has 0 aromatic rings. The van der Waals surface area contributed by atoms with Gasteiger partial charge in [-0.3, -0.25) is 0 Å². The molecule has 0 spiro atoms. The highest BCUT2D eigenvalue weighted by atomic mass is 14.9. The van der Waals surface area contributed by atoms with Crippen LogP contribution in [0, 0.1) is 23.7 Å². The fourth-order valence-electron chi connectivity index (χ4n) is 2.81. The third-order valence-corrected chi connectivity index (χ3v) is 3.52. The highest BCUT2D eigenvalue weighted by Crippen LogP contribution is 2.56. The molecule has 2 aliphatic rings. The minimum Gasteiger partial charge on any atom is -0.316 e. The molecule has 2 fully saturated rings. The molecule has 0 aromatic heterocycles. The van der Waals surface area contributed by atoms with Crippen LogP contribution in [0.5, 0.6) is 0 Å². The minimum absolute atomic E-state index is 0.809. The molecule has 0 aliphatic heterocycles. The van der Waals surface area contributed by atoms with Gasteiger partial charge in [-0.2, -0.15) is 0 Å². The zero-order valence-electron chi connectivity index (χ0n) is 8.34. The van der Waals surface area contributed by atoms with Crippen LogP contribution >= 0.6 is 0 Å². The monoisotopic (exact) mass is 167 g/mol. The molecule has 0 saturated heterocycles. The maximum Gasteiger partial charge on any atom is -0.00149 e. The molecule has 1 N–H and O–H groups in total. The number of nitrogens with one attached hydrogen (secondary N) is 1. The van der Waals surface area contributed by atoms with Crippen molar-refractivity contribution >= 4 is 0 Å². The summed E-state index contributed by atoms with van der Waals surface area (Å²) in [5.41, 5.74) is 0. The smallest absolute Gasteiger partial charge is 0.00149 e. The number of rotatable bonds is 4. The van der Waals surface area contributed by atoms with Crippen LogP contribution in [0.3, 0.4) is 0 Å². The van der Waals surface area contributed by atoms with Crippen molar-refractivity contribution in [3.8, 4) is 0 Å². The first kappa shape index (κ1) is 8.55. The topological polar surface area (TPSA) is 12.0 Å². The molecule has 0 radical (unpaired) electrons. The first-order valence-corrected chi connectivity index (χ1v) is 5.49. The minimum atomic E-state index is 0.809. The fraction of sp³-hybridized carbons (Fsp3) is 1.00. The van der Waals surface area contributed by atoms with E-state index in [1.807, 2.05) is 0 Å². The molecule has 0 aromatic carbocycles. The van der Waals surface area contributed by atoms with Crippen molar-refractivity contribution in [1.82, 2.24) is 5.32 Å². The van der Waals surface area contributed by atoms with E-state index in [4.69, 9.17) is 0 Å². The van der Waals surface area contributed by atoms with Gasteiger partial charge in [0.05, 0.1) is 0 Å². The molecule has 2 rings (SSSR count). The summed E-state index contributed by atoms with van der Waals surface area (Å²) in [6.45, 7) is 7.06. The molecule has 0 bridgehead atoms. The molecule has 0 amide bonds. The lowest BCUT2D eigenvalue weighted by atomic mass is 10.1. The lowest BCUT2D eigenvalue weighted by Crippen LogP contribution is -2.23.